The van der Waals surface area contributed by atoms with Crippen LogP contribution in [0.25, 0.3) is 0 Å². The van der Waals surface area contributed by atoms with Crippen LogP contribution < -0.4 is 11.8 Å². The normalized spacial score (nSPS) is 2.40. The Kier molecular flexibility index (Phi) is 398. The van der Waals surface area contributed by atoms with Crippen LogP contribution in [0.15, 0.2) is 0 Å². The van der Waals surface area contributed by atoms with E-state index in [9.17, 15) is 0 Å². The monoisotopic (exact) mass is 272 g/mol. The van der Waals surface area contributed by atoms with Crippen LogP contribution in [-0.4, -0.2) is 27.3 Å². The molecule has 0 fully saturated rings. The standard InChI is InChI=1S/2H2NO.Pb/c2*1-2;/h2*1H2;/q2*-1;+2. The van der Waals surface area contributed by atoms with Crippen LogP contribution >= 0.6 is 0 Å². The molecule has 0 spiro atoms. The fraction of sp³-hybridized carbons (Fsp3) is 0. The molecule has 0 unspecified atom stereocenters. The minimum absolute atomic E-state index is 0. The molecule has 0 saturated carbocycles. The summed E-state index contributed by atoms with van der Waals surface area (Å²) in [5.74, 6) is 6.50. The molecular weight excluding hydrogens is 267 g/mol. The smallest absolute Gasteiger partial charge is 0.790 e. The molecule has 0 bridgehead atoms. The average Bonchev–Trinajstić information content (AvgIpc) is 1.50. The molecule has 0 aliphatic rings. The van der Waals surface area contributed by atoms with Crippen molar-refractivity contribution in [2.45, 2.75) is 0 Å². The van der Waals surface area contributed by atoms with Crippen molar-refractivity contribution in [2.75, 3.05) is 0 Å². The van der Waals surface area contributed by atoms with Gasteiger partial charge in [-0.25, -0.2) is 0 Å². The summed E-state index contributed by atoms with van der Waals surface area (Å²) in [5.41, 5.74) is 0. The first-order valence-corrected chi connectivity index (χ1v) is 0.471. The van der Waals surface area contributed by atoms with Crippen LogP contribution in [0.4, 0.5) is 0 Å². The van der Waals surface area contributed by atoms with Crippen molar-refractivity contribution < 1.29 is 0 Å². The summed E-state index contributed by atoms with van der Waals surface area (Å²) in [6, 6.07) is 0. The molecule has 30 valence electrons. The van der Waals surface area contributed by atoms with Gasteiger partial charge in [-0.05, 0) is 0 Å². The number of hydrogen-bond donors (Lipinski definition) is 2. The zero-order chi connectivity index (χ0) is 4.00. The van der Waals surface area contributed by atoms with Crippen molar-refractivity contribution in [3.05, 3.63) is 10.4 Å². The van der Waals surface area contributed by atoms with Gasteiger partial charge in [0.05, 0.1) is 0 Å². The molecule has 0 heterocycles. The zero-order valence-corrected chi connectivity index (χ0v) is 6.36. The summed E-state index contributed by atoms with van der Waals surface area (Å²) >= 11 is 0. The summed E-state index contributed by atoms with van der Waals surface area (Å²) in [4.78, 5) is 0. The second-order valence-corrected chi connectivity index (χ2v) is 0. The maximum absolute atomic E-state index is 7.75. The van der Waals surface area contributed by atoms with E-state index in [1.165, 1.54) is 0 Å². The van der Waals surface area contributed by atoms with Gasteiger partial charge in [-0.15, -0.1) is 0 Å². The van der Waals surface area contributed by atoms with Crippen LogP contribution in [0.5, 0.6) is 0 Å². The van der Waals surface area contributed by atoms with Crippen molar-refractivity contribution in [3.8, 4) is 0 Å². The third-order valence-corrected chi connectivity index (χ3v) is 0. The summed E-state index contributed by atoms with van der Waals surface area (Å²) in [7, 11) is 0. The first-order chi connectivity index (χ1) is 2.00. The molecule has 2 radical (unpaired) electrons. The fourth-order valence-corrected chi connectivity index (χ4v) is 0. The molecular formula is H4N2O2Pb. The number of nitrogens with two attached hydrogens (primary N) is 2. The molecule has 0 aliphatic heterocycles. The molecule has 5 heavy (non-hydrogen) atoms. The zero-order valence-electron chi connectivity index (χ0n) is 2.47. The van der Waals surface area contributed by atoms with Gasteiger partial charge < -0.3 is 22.2 Å². The summed E-state index contributed by atoms with van der Waals surface area (Å²) in [6.45, 7) is 0. The number of rotatable bonds is 0. The molecule has 4 N–H and O–H groups in total. The molecule has 4 nitrogen and oxygen atoms in total. The van der Waals surface area contributed by atoms with Gasteiger partial charge in [0.2, 0.25) is 0 Å². The van der Waals surface area contributed by atoms with E-state index in [4.69, 9.17) is 10.4 Å². The largest absolute Gasteiger partial charge is 2.00 e. The predicted molar refractivity (Wildman–Crippen MR) is 20.9 cm³/mol. The molecule has 0 aromatic heterocycles. The summed E-state index contributed by atoms with van der Waals surface area (Å²) < 4.78 is 0. The van der Waals surface area contributed by atoms with E-state index in [1.807, 2.05) is 0 Å². The molecule has 0 saturated heterocycles. The molecule has 0 rings (SSSR count). The van der Waals surface area contributed by atoms with E-state index in [1.54, 1.807) is 0 Å². The Balaban J connectivity index is -0.0000000133. The van der Waals surface area contributed by atoms with Gasteiger partial charge in [0.1, 0.15) is 0 Å². The van der Waals surface area contributed by atoms with E-state index in [0.29, 0.717) is 0 Å². The van der Waals surface area contributed by atoms with E-state index >= 15 is 0 Å². The van der Waals surface area contributed by atoms with Gasteiger partial charge in [0, 0.05) is 0 Å². The fourth-order valence-electron chi connectivity index (χ4n) is 0. The van der Waals surface area contributed by atoms with Gasteiger partial charge >= 0.3 is 27.3 Å². The van der Waals surface area contributed by atoms with E-state index in [0.717, 1.165) is 0 Å². The second kappa shape index (κ2) is 116. The minimum Gasteiger partial charge on any atom is -0.790 e. The Bertz CT molecular complexity index is 7.61. The molecule has 0 atom stereocenters. The van der Waals surface area contributed by atoms with Crippen molar-refractivity contribution in [3.63, 3.8) is 0 Å². The van der Waals surface area contributed by atoms with Crippen molar-refractivity contribution in [2.24, 2.45) is 11.8 Å². The van der Waals surface area contributed by atoms with Gasteiger partial charge in [-0.1, -0.05) is 0 Å². The predicted octanol–water partition coefficient (Wildman–Crippen LogP) is -1.50. The van der Waals surface area contributed by atoms with Crippen LogP contribution in [-0.2, 0) is 0 Å². The van der Waals surface area contributed by atoms with Crippen LogP contribution in [0, 0.1) is 10.4 Å². The van der Waals surface area contributed by atoms with Crippen LogP contribution in [0.3, 0.4) is 0 Å². The quantitative estimate of drug-likeness (QED) is 0.414. The Morgan fingerprint density at radius 3 is 0.800 bits per heavy atom. The van der Waals surface area contributed by atoms with Crippen molar-refractivity contribution in [1.82, 2.24) is 0 Å². The van der Waals surface area contributed by atoms with Gasteiger partial charge in [0.15, 0.2) is 0 Å². The Labute approximate surface area is 49.8 Å². The summed E-state index contributed by atoms with van der Waals surface area (Å²) in [6.07, 6.45) is 0. The maximum Gasteiger partial charge on any atom is 2.00 e. The third kappa shape index (κ3) is 62.6. The Morgan fingerprint density at radius 2 is 0.800 bits per heavy atom. The van der Waals surface area contributed by atoms with E-state index in [-0.39, 0.29) is 27.3 Å². The average molecular weight is 271 g/mol. The molecule has 0 aromatic rings. The molecule has 5 heteroatoms. The third-order valence-electron chi connectivity index (χ3n) is 0. The van der Waals surface area contributed by atoms with Crippen LogP contribution in [0.2, 0.25) is 0 Å². The van der Waals surface area contributed by atoms with Gasteiger partial charge in [-0.3, -0.25) is 0 Å². The Hall–Kier alpha value is 0.762. The van der Waals surface area contributed by atoms with Crippen molar-refractivity contribution >= 4 is 27.3 Å². The SMILES string of the molecule is N[O-].N[O-].[Pb+2]. The molecule has 0 aliphatic carbocycles. The number of hydrogen-bond acceptors (Lipinski definition) is 4. The van der Waals surface area contributed by atoms with E-state index in [2.05, 4.69) is 11.8 Å². The molecule has 0 amide bonds. The van der Waals surface area contributed by atoms with Gasteiger partial charge in [0.25, 0.3) is 0 Å². The Morgan fingerprint density at radius 1 is 0.800 bits per heavy atom. The van der Waals surface area contributed by atoms with E-state index < -0.39 is 0 Å². The minimum atomic E-state index is 0. The van der Waals surface area contributed by atoms with Crippen LogP contribution in [0.1, 0.15) is 0 Å². The topological polar surface area (TPSA) is 98.2 Å². The first kappa shape index (κ1) is 17.1. The second-order valence-electron chi connectivity index (χ2n) is 0. The molecule has 0 aromatic carbocycles. The van der Waals surface area contributed by atoms with Crippen molar-refractivity contribution in [1.29, 1.82) is 0 Å². The maximum atomic E-state index is 7.75. The first-order valence-electron chi connectivity index (χ1n) is 0.471. The summed E-state index contributed by atoms with van der Waals surface area (Å²) in [5, 5.41) is 15.5. The van der Waals surface area contributed by atoms with Gasteiger partial charge in [-0.2, -0.15) is 0 Å².